The molecule has 0 aliphatic carbocycles. The molecule has 0 bridgehead atoms. The molecular formula is C50H26F10N12O4. The van der Waals surface area contributed by atoms with Crippen LogP contribution in [-0.4, -0.2) is 49.8 Å². The Morgan fingerprint density at radius 1 is 0.263 bits per heavy atom. The smallest absolute Gasteiger partial charge is 0.330 e. The van der Waals surface area contributed by atoms with Gasteiger partial charge in [0.1, 0.15) is 34.8 Å². The highest BCUT2D eigenvalue weighted by Crippen LogP contribution is 2.38. The second-order valence-electron chi connectivity index (χ2n) is 14.7. The minimum Gasteiger partial charge on any atom is -0.424 e. The molecule has 76 heavy (non-hydrogen) atoms. The van der Waals surface area contributed by atoms with Gasteiger partial charge in [0, 0.05) is 24.8 Å². The monoisotopic (exact) mass is 1050 g/mol. The summed E-state index contributed by atoms with van der Waals surface area (Å²) >= 11 is 0. The first kappa shape index (κ1) is 50.5. The fourth-order valence-corrected chi connectivity index (χ4v) is 6.35. The van der Waals surface area contributed by atoms with Gasteiger partial charge in [0.2, 0.25) is 81.6 Å². The number of para-hydroxylation sites is 2. The maximum Gasteiger partial charge on any atom is 0.330 e. The number of aromatic nitrogens is 10. The quantitative estimate of drug-likeness (QED) is 0.0571. The topological polar surface area (TPSA) is 172 Å². The van der Waals surface area contributed by atoms with Gasteiger partial charge in [-0.1, -0.05) is 60.7 Å². The first-order chi connectivity index (χ1) is 36.8. The van der Waals surface area contributed by atoms with E-state index in [9.17, 15) is 43.9 Å². The van der Waals surface area contributed by atoms with Gasteiger partial charge in [0.25, 0.3) is 0 Å². The molecule has 4 aromatic carbocycles. The molecule has 0 spiro atoms. The van der Waals surface area contributed by atoms with Crippen LogP contribution >= 0.6 is 0 Å². The normalized spacial score (nSPS) is 10.8. The van der Waals surface area contributed by atoms with Crippen LogP contribution in [0.5, 0.6) is 47.0 Å². The summed E-state index contributed by atoms with van der Waals surface area (Å²) in [6.07, 6.45) is 5.94. The molecule has 0 fully saturated rings. The van der Waals surface area contributed by atoms with E-state index in [0.29, 0.717) is 0 Å². The Labute approximate surface area is 420 Å². The molecule has 6 heterocycles. The van der Waals surface area contributed by atoms with Crippen molar-refractivity contribution >= 4 is 35.2 Å². The van der Waals surface area contributed by atoms with Crippen molar-refractivity contribution in [2.45, 2.75) is 0 Å². The van der Waals surface area contributed by atoms with Crippen molar-refractivity contribution in [1.82, 2.24) is 49.8 Å². The Hall–Kier alpha value is -10.4. The lowest BCUT2D eigenvalue weighted by molar-refractivity contribution is 0.318. The van der Waals surface area contributed by atoms with Crippen LogP contribution < -0.4 is 28.7 Å². The van der Waals surface area contributed by atoms with E-state index >= 15 is 0 Å². The maximum absolute atomic E-state index is 14.3. The molecule has 0 saturated carbocycles. The van der Waals surface area contributed by atoms with Gasteiger partial charge in [-0.3, -0.25) is 0 Å². The number of pyridine rings is 4. The number of benzene rings is 4. The zero-order chi connectivity index (χ0) is 53.3. The number of hydrogen-bond donors (Lipinski definition) is 0. The van der Waals surface area contributed by atoms with Crippen LogP contribution in [0.1, 0.15) is 0 Å². The molecule has 0 aliphatic heterocycles. The van der Waals surface area contributed by atoms with Crippen LogP contribution in [0.4, 0.5) is 79.1 Å². The highest BCUT2D eigenvalue weighted by Gasteiger charge is 2.31. The molecular weight excluding hydrogens is 1020 g/mol. The Morgan fingerprint density at radius 3 is 0.776 bits per heavy atom. The summed E-state index contributed by atoms with van der Waals surface area (Å²) < 4.78 is 161. The van der Waals surface area contributed by atoms with E-state index in [-0.39, 0.29) is 46.7 Å². The van der Waals surface area contributed by atoms with Gasteiger partial charge in [0.05, 0.1) is 0 Å². The van der Waals surface area contributed by atoms with Crippen molar-refractivity contribution in [1.29, 1.82) is 0 Å². The molecule has 26 heteroatoms. The van der Waals surface area contributed by atoms with Crippen molar-refractivity contribution in [3.8, 4) is 47.0 Å². The molecule has 16 nitrogen and oxygen atoms in total. The SMILES string of the molecule is Fc1c(F)c(F)c(Oc2nc(Oc3ccccc3)nc(N(c3ccccn3)c3ccccn3)n2)c(F)c1F.Fc1c(F)c(F)c(Oc2nc(Oc3ccccc3)nc(N(c3ccccn3)c3ccccn3)n2)c(F)c1F. The fraction of sp³-hybridized carbons (Fsp3) is 0. The third-order valence-corrected chi connectivity index (χ3v) is 9.71. The minimum absolute atomic E-state index is 0.248. The molecule has 0 atom stereocenters. The number of hydrogen-bond acceptors (Lipinski definition) is 16. The van der Waals surface area contributed by atoms with Crippen molar-refractivity contribution in [2.24, 2.45) is 0 Å². The van der Waals surface area contributed by atoms with E-state index in [1.165, 1.54) is 34.6 Å². The minimum atomic E-state index is -2.34. The summed E-state index contributed by atoms with van der Waals surface area (Å²) in [5.74, 6) is -24.4. The average molecular weight is 1050 g/mol. The molecule has 0 N–H and O–H groups in total. The molecule has 0 radical (unpaired) electrons. The summed E-state index contributed by atoms with van der Waals surface area (Å²) in [7, 11) is 0. The highest BCUT2D eigenvalue weighted by atomic mass is 19.2. The average Bonchev–Trinajstić information content (AvgIpc) is 3.46. The standard InChI is InChI=1S/2C25H13F5N6O2/c2*26-17-18(27)20(29)22(21(30)19(17)28)38-25-34-23(33-24(35-25)37-14-8-2-1-3-9-14)36(15-10-4-6-12-31-15)16-11-5-7-13-32-16/h2*1-13H. The van der Waals surface area contributed by atoms with Gasteiger partial charge in [-0.25, -0.2) is 56.1 Å². The van der Waals surface area contributed by atoms with Crippen LogP contribution in [0.15, 0.2) is 158 Å². The maximum atomic E-state index is 14.3. The van der Waals surface area contributed by atoms with Crippen molar-refractivity contribution < 1.29 is 62.9 Å². The first-order valence-corrected chi connectivity index (χ1v) is 21.5. The highest BCUT2D eigenvalue weighted by molar-refractivity contribution is 5.68. The van der Waals surface area contributed by atoms with Crippen LogP contribution in [-0.2, 0) is 0 Å². The van der Waals surface area contributed by atoms with Crippen molar-refractivity contribution in [2.75, 3.05) is 9.80 Å². The Balaban J connectivity index is 0.000000186. The zero-order valence-corrected chi connectivity index (χ0v) is 37.8. The van der Waals surface area contributed by atoms with Gasteiger partial charge in [0.15, 0.2) is 0 Å². The summed E-state index contributed by atoms with van der Waals surface area (Å²) in [5, 5.41) is 0. The lowest BCUT2D eigenvalue weighted by Crippen LogP contribution is -2.17. The van der Waals surface area contributed by atoms with Crippen LogP contribution in [0.3, 0.4) is 0 Å². The zero-order valence-electron chi connectivity index (χ0n) is 37.8. The predicted molar refractivity (Wildman–Crippen MR) is 246 cm³/mol. The van der Waals surface area contributed by atoms with E-state index in [1.807, 2.05) is 0 Å². The van der Waals surface area contributed by atoms with E-state index < -0.39 is 93.7 Å². The molecule has 0 amide bonds. The van der Waals surface area contributed by atoms with Gasteiger partial charge in [-0.05, 0) is 72.8 Å². The van der Waals surface area contributed by atoms with Crippen molar-refractivity contribution in [3.05, 3.63) is 216 Å². The summed E-state index contributed by atoms with van der Waals surface area (Å²) in [4.78, 5) is 44.0. The van der Waals surface area contributed by atoms with E-state index in [0.717, 1.165) is 0 Å². The largest absolute Gasteiger partial charge is 0.424 e. The van der Waals surface area contributed by atoms with Crippen LogP contribution in [0, 0.1) is 58.2 Å². The summed E-state index contributed by atoms with van der Waals surface area (Å²) in [6, 6.07) is 33.6. The summed E-state index contributed by atoms with van der Waals surface area (Å²) in [6.45, 7) is 0. The molecule has 0 aliphatic rings. The van der Waals surface area contributed by atoms with Crippen LogP contribution in [0.2, 0.25) is 0 Å². The summed E-state index contributed by atoms with van der Waals surface area (Å²) in [5.41, 5.74) is 0. The number of rotatable bonds is 14. The second-order valence-corrected chi connectivity index (χ2v) is 14.7. The third kappa shape index (κ3) is 11.1. The predicted octanol–water partition coefficient (Wildman–Crippen LogP) is 12.8. The number of ether oxygens (including phenoxy) is 4. The van der Waals surface area contributed by atoms with E-state index in [4.69, 9.17) is 18.9 Å². The molecule has 6 aromatic heterocycles. The van der Waals surface area contributed by atoms with Crippen LogP contribution in [0.25, 0.3) is 0 Å². The lowest BCUT2D eigenvalue weighted by Gasteiger charge is -2.21. The van der Waals surface area contributed by atoms with E-state index in [2.05, 4.69) is 49.8 Å². The van der Waals surface area contributed by atoms with Gasteiger partial charge in [-0.15, -0.1) is 9.97 Å². The van der Waals surface area contributed by atoms with Gasteiger partial charge < -0.3 is 18.9 Å². The van der Waals surface area contributed by atoms with Gasteiger partial charge in [-0.2, -0.15) is 37.5 Å². The lowest BCUT2D eigenvalue weighted by atomic mass is 10.2. The Bertz CT molecular complexity index is 3260. The molecule has 0 unspecified atom stereocenters. The van der Waals surface area contributed by atoms with Gasteiger partial charge >= 0.3 is 24.0 Å². The third-order valence-electron chi connectivity index (χ3n) is 9.71. The first-order valence-electron chi connectivity index (χ1n) is 21.5. The number of anilines is 6. The molecule has 380 valence electrons. The molecule has 10 aromatic rings. The Kier molecular flexibility index (Phi) is 15.0. The molecule has 10 rings (SSSR count). The van der Waals surface area contributed by atoms with Crippen molar-refractivity contribution in [3.63, 3.8) is 0 Å². The van der Waals surface area contributed by atoms with E-state index in [1.54, 1.807) is 133 Å². The number of nitrogens with zero attached hydrogens (tertiary/aromatic N) is 12. The molecule has 0 saturated heterocycles. The second kappa shape index (κ2) is 22.6. The fourth-order valence-electron chi connectivity index (χ4n) is 6.35. The number of halogens is 10. The Morgan fingerprint density at radius 2 is 0.513 bits per heavy atom.